The van der Waals surface area contributed by atoms with Gasteiger partial charge in [0.1, 0.15) is 0 Å². The number of hydrogen-bond acceptors (Lipinski definition) is 9. The maximum atomic E-state index is 11.9. The van der Waals surface area contributed by atoms with Crippen molar-refractivity contribution >= 4 is 23.6 Å². The summed E-state index contributed by atoms with van der Waals surface area (Å²) in [7, 11) is 2.83. The summed E-state index contributed by atoms with van der Waals surface area (Å²) >= 11 is 0. The molecule has 1 saturated heterocycles. The lowest BCUT2D eigenvalue weighted by atomic mass is 10.2. The molecule has 25 heavy (non-hydrogen) atoms. The predicted molar refractivity (Wildman–Crippen MR) is 90.5 cm³/mol. The number of anilines is 3. The van der Waals surface area contributed by atoms with Crippen LogP contribution in [0.1, 0.15) is 10.4 Å². The van der Waals surface area contributed by atoms with Crippen molar-refractivity contribution in [3.8, 4) is 6.01 Å². The summed E-state index contributed by atoms with van der Waals surface area (Å²) < 4.78 is 15.3. The number of carbonyl (C=O) groups excluding carboxylic acids is 1. The summed E-state index contributed by atoms with van der Waals surface area (Å²) in [5.41, 5.74) is 0.924. The largest absolute Gasteiger partial charge is 0.467 e. The number of ether oxygens (including phenoxy) is 3. The zero-order valence-electron chi connectivity index (χ0n) is 14.1. The van der Waals surface area contributed by atoms with Crippen molar-refractivity contribution in [2.45, 2.75) is 0 Å². The lowest BCUT2D eigenvalue weighted by Gasteiger charge is -2.26. The maximum absolute atomic E-state index is 11.9. The van der Waals surface area contributed by atoms with Crippen LogP contribution >= 0.6 is 0 Å². The smallest absolute Gasteiger partial charge is 0.339 e. The molecule has 1 fully saturated rings. The molecule has 0 bridgehead atoms. The minimum absolute atomic E-state index is 0.189. The molecule has 132 valence electrons. The van der Waals surface area contributed by atoms with E-state index in [9.17, 15) is 4.79 Å². The van der Waals surface area contributed by atoms with Crippen molar-refractivity contribution in [3.05, 3.63) is 29.8 Å². The zero-order chi connectivity index (χ0) is 17.6. The molecule has 0 unspecified atom stereocenters. The fourth-order valence-electron chi connectivity index (χ4n) is 2.40. The van der Waals surface area contributed by atoms with Crippen molar-refractivity contribution in [1.82, 2.24) is 15.0 Å². The van der Waals surface area contributed by atoms with Gasteiger partial charge in [-0.05, 0) is 12.1 Å². The average molecular weight is 345 g/mol. The van der Waals surface area contributed by atoms with Gasteiger partial charge in [0, 0.05) is 13.1 Å². The number of rotatable bonds is 5. The summed E-state index contributed by atoms with van der Waals surface area (Å²) in [6.07, 6.45) is 0. The SMILES string of the molecule is COC(=O)c1ccccc1Nc1nc(OC)nc(N2CCOCC2)n1. The Bertz CT molecular complexity index is 749. The Labute approximate surface area is 145 Å². The van der Waals surface area contributed by atoms with Gasteiger partial charge < -0.3 is 24.4 Å². The Balaban J connectivity index is 1.91. The van der Waals surface area contributed by atoms with Crippen molar-refractivity contribution in [1.29, 1.82) is 0 Å². The first-order chi connectivity index (χ1) is 12.2. The summed E-state index contributed by atoms with van der Waals surface area (Å²) in [6, 6.07) is 7.15. The third-order valence-electron chi connectivity index (χ3n) is 3.66. The molecule has 2 aromatic rings. The number of morpholine rings is 1. The molecule has 1 aliphatic rings. The van der Waals surface area contributed by atoms with Crippen molar-refractivity contribution in [2.75, 3.05) is 50.7 Å². The molecule has 1 aromatic heterocycles. The van der Waals surface area contributed by atoms with Crippen LogP contribution in [0.5, 0.6) is 6.01 Å². The van der Waals surface area contributed by atoms with Crippen molar-refractivity contribution in [3.63, 3.8) is 0 Å². The van der Waals surface area contributed by atoms with Crippen LogP contribution in [0.15, 0.2) is 24.3 Å². The van der Waals surface area contributed by atoms with E-state index >= 15 is 0 Å². The van der Waals surface area contributed by atoms with E-state index < -0.39 is 5.97 Å². The van der Waals surface area contributed by atoms with E-state index in [4.69, 9.17) is 14.2 Å². The fourth-order valence-corrected chi connectivity index (χ4v) is 2.40. The van der Waals surface area contributed by atoms with Crippen LogP contribution in [-0.2, 0) is 9.47 Å². The van der Waals surface area contributed by atoms with Crippen LogP contribution in [0.2, 0.25) is 0 Å². The normalized spacial score (nSPS) is 14.1. The number of nitrogens with zero attached hydrogens (tertiary/aromatic N) is 4. The molecule has 3 rings (SSSR count). The molecule has 0 atom stereocenters. The molecule has 0 aliphatic carbocycles. The molecule has 1 N–H and O–H groups in total. The lowest BCUT2D eigenvalue weighted by molar-refractivity contribution is 0.0602. The first-order valence-electron chi connectivity index (χ1n) is 7.78. The van der Waals surface area contributed by atoms with Gasteiger partial charge in [-0.2, -0.15) is 15.0 Å². The Morgan fingerprint density at radius 2 is 1.92 bits per heavy atom. The van der Waals surface area contributed by atoms with Crippen LogP contribution in [0.3, 0.4) is 0 Å². The number of esters is 1. The van der Waals surface area contributed by atoms with Crippen LogP contribution in [0.25, 0.3) is 0 Å². The minimum Gasteiger partial charge on any atom is -0.467 e. The second-order valence-corrected chi connectivity index (χ2v) is 5.21. The molecule has 9 heteroatoms. The summed E-state index contributed by atoms with van der Waals surface area (Å²) in [4.78, 5) is 26.8. The quantitative estimate of drug-likeness (QED) is 0.803. The highest BCUT2D eigenvalue weighted by atomic mass is 16.5. The highest BCUT2D eigenvalue weighted by molar-refractivity contribution is 5.96. The fraction of sp³-hybridized carbons (Fsp3) is 0.375. The van der Waals surface area contributed by atoms with Crippen LogP contribution < -0.4 is 15.0 Å². The van der Waals surface area contributed by atoms with Crippen LogP contribution in [0.4, 0.5) is 17.6 Å². The second kappa shape index (κ2) is 7.75. The zero-order valence-corrected chi connectivity index (χ0v) is 14.1. The Hall–Kier alpha value is -2.94. The first kappa shape index (κ1) is 16.9. The van der Waals surface area contributed by atoms with Crippen molar-refractivity contribution in [2.24, 2.45) is 0 Å². The number of carbonyl (C=O) groups is 1. The second-order valence-electron chi connectivity index (χ2n) is 5.21. The van der Waals surface area contributed by atoms with Crippen LogP contribution in [-0.4, -0.2) is 61.4 Å². The third kappa shape index (κ3) is 3.94. The highest BCUT2D eigenvalue weighted by Crippen LogP contribution is 2.22. The minimum atomic E-state index is -0.447. The standard InChI is InChI=1S/C16H19N5O4/c1-23-13(22)11-5-3-4-6-12(11)17-14-18-15(20-16(19-14)24-2)21-7-9-25-10-8-21/h3-6H,7-10H2,1-2H3,(H,17,18,19,20). The van der Waals surface area contributed by atoms with Gasteiger partial charge in [0.05, 0.1) is 38.7 Å². The number of aromatic nitrogens is 3. The summed E-state index contributed by atoms with van der Waals surface area (Å²) in [5.74, 6) is 0.329. The molecule has 2 heterocycles. The monoisotopic (exact) mass is 345 g/mol. The molecule has 0 spiro atoms. The highest BCUT2D eigenvalue weighted by Gasteiger charge is 2.18. The van der Waals surface area contributed by atoms with E-state index in [0.29, 0.717) is 43.5 Å². The predicted octanol–water partition coefficient (Wildman–Crippen LogP) is 1.25. The molecule has 0 amide bonds. The molecule has 1 aromatic carbocycles. The molecule has 1 aliphatic heterocycles. The van der Waals surface area contributed by atoms with Gasteiger partial charge >= 0.3 is 12.0 Å². The number of nitrogens with one attached hydrogen (secondary N) is 1. The van der Waals surface area contributed by atoms with E-state index in [1.165, 1.54) is 14.2 Å². The van der Waals surface area contributed by atoms with Gasteiger partial charge in [0.25, 0.3) is 0 Å². The Morgan fingerprint density at radius 3 is 2.64 bits per heavy atom. The van der Waals surface area contributed by atoms with E-state index in [0.717, 1.165) is 0 Å². The topological polar surface area (TPSA) is 98.7 Å². The van der Waals surface area contributed by atoms with Crippen molar-refractivity contribution < 1.29 is 19.0 Å². The molecule has 9 nitrogen and oxygen atoms in total. The molecule has 0 radical (unpaired) electrons. The Kier molecular flexibility index (Phi) is 5.24. The van der Waals surface area contributed by atoms with Gasteiger partial charge in [-0.3, -0.25) is 0 Å². The lowest BCUT2D eigenvalue weighted by Crippen LogP contribution is -2.37. The molecular weight excluding hydrogens is 326 g/mol. The number of para-hydroxylation sites is 1. The molecular formula is C16H19N5O4. The van der Waals surface area contributed by atoms with Gasteiger partial charge in [0.15, 0.2) is 0 Å². The number of hydrogen-bond donors (Lipinski definition) is 1. The van der Waals surface area contributed by atoms with E-state index in [2.05, 4.69) is 20.3 Å². The summed E-state index contributed by atoms with van der Waals surface area (Å²) in [5, 5.41) is 3.04. The third-order valence-corrected chi connectivity index (χ3v) is 3.66. The van der Waals surface area contributed by atoms with Gasteiger partial charge in [-0.15, -0.1) is 0 Å². The number of methoxy groups -OCH3 is 2. The Morgan fingerprint density at radius 1 is 1.16 bits per heavy atom. The van der Waals surface area contributed by atoms with Gasteiger partial charge in [-0.25, -0.2) is 4.79 Å². The average Bonchev–Trinajstić information content (AvgIpc) is 2.68. The maximum Gasteiger partial charge on any atom is 0.339 e. The van der Waals surface area contributed by atoms with E-state index in [1.54, 1.807) is 24.3 Å². The number of benzene rings is 1. The van der Waals surface area contributed by atoms with E-state index in [1.807, 2.05) is 4.90 Å². The first-order valence-corrected chi connectivity index (χ1v) is 7.78. The van der Waals surface area contributed by atoms with Gasteiger partial charge in [0.2, 0.25) is 11.9 Å². The molecule has 0 saturated carbocycles. The van der Waals surface area contributed by atoms with E-state index in [-0.39, 0.29) is 12.0 Å². The van der Waals surface area contributed by atoms with Crippen LogP contribution in [0, 0.1) is 0 Å². The summed E-state index contributed by atoms with van der Waals surface area (Å²) in [6.45, 7) is 2.60. The van der Waals surface area contributed by atoms with Gasteiger partial charge in [-0.1, -0.05) is 12.1 Å².